The molecule has 11 heteroatoms. The number of likely N-dealkylation sites (tertiary alicyclic amines) is 1. The maximum Gasteiger partial charge on any atom is 0.250 e. The van der Waals surface area contributed by atoms with Gasteiger partial charge in [-0.3, -0.25) is 9.79 Å². The number of carbonyl (C=O) groups is 1. The fraction of sp³-hybridized carbons (Fsp3) is 0.600. The third-order valence-electron chi connectivity index (χ3n) is 3.88. The number of rotatable bonds is 7. The molecular formula is C15H26IN5O3S2. The van der Waals surface area contributed by atoms with Gasteiger partial charge >= 0.3 is 0 Å². The third kappa shape index (κ3) is 6.67. The van der Waals surface area contributed by atoms with E-state index in [1.54, 1.807) is 24.6 Å². The summed E-state index contributed by atoms with van der Waals surface area (Å²) in [5.41, 5.74) is 0. The van der Waals surface area contributed by atoms with Gasteiger partial charge in [0.25, 0.3) is 0 Å². The van der Waals surface area contributed by atoms with Gasteiger partial charge in [-0.2, -0.15) is 0 Å². The van der Waals surface area contributed by atoms with Gasteiger partial charge in [0.05, 0.1) is 0 Å². The van der Waals surface area contributed by atoms with Gasteiger partial charge < -0.3 is 15.5 Å². The zero-order valence-electron chi connectivity index (χ0n) is 14.9. The molecule has 1 aliphatic rings. The molecule has 0 aliphatic carbocycles. The van der Waals surface area contributed by atoms with E-state index >= 15 is 0 Å². The molecule has 3 N–H and O–H groups in total. The van der Waals surface area contributed by atoms with Crippen molar-refractivity contribution in [3.8, 4) is 0 Å². The lowest BCUT2D eigenvalue weighted by molar-refractivity contribution is -0.129. The lowest BCUT2D eigenvalue weighted by Gasteiger charge is -2.18. The van der Waals surface area contributed by atoms with Crippen LogP contribution in [0.2, 0.25) is 0 Å². The van der Waals surface area contributed by atoms with Gasteiger partial charge in [-0.05, 0) is 17.9 Å². The summed E-state index contributed by atoms with van der Waals surface area (Å²) in [5.74, 6) is 0.765. The van der Waals surface area contributed by atoms with Crippen LogP contribution in [0.15, 0.2) is 26.7 Å². The Labute approximate surface area is 175 Å². The lowest BCUT2D eigenvalue weighted by atomic mass is 10.3. The molecule has 26 heavy (non-hydrogen) atoms. The molecule has 0 aromatic carbocycles. The molecule has 1 atom stereocenters. The zero-order chi connectivity index (χ0) is 18.3. The molecule has 2 heterocycles. The van der Waals surface area contributed by atoms with Gasteiger partial charge in [-0.15, -0.1) is 35.3 Å². The third-order valence-corrected chi connectivity index (χ3v) is 6.74. The van der Waals surface area contributed by atoms with Crippen LogP contribution in [-0.2, 0) is 14.8 Å². The van der Waals surface area contributed by atoms with E-state index in [4.69, 9.17) is 0 Å². The summed E-state index contributed by atoms with van der Waals surface area (Å²) in [7, 11) is -1.78. The summed E-state index contributed by atoms with van der Waals surface area (Å²) in [6.45, 7) is 3.95. The van der Waals surface area contributed by atoms with Crippen LogP contribution in [0.4, 0.5) is 0 Å². The molecule has 1 unspecified atom stereocenters. The second kappa shape index (κ2) is 11.0. The summed E-state index contributed by atoms with van der Waals surface area (Å²) in [6.07, 6.45) is 1.39. The SMILES string of the molecule is CCC(=O)N1CCC(NC(=NC)NCCNS(=O)(=O)c2cccs2)C1.I. The minimum Gasteiger partial charge on any atom is -0.355 e. The molecule has 0 saturated carbocycles. The van der Waals surface area contributed by atoms with E-state index in [1.807, 2.05) is 11.8 Å². The maximum atomic E-state index is 12.0. The lowest BCUT2D eigenvalue weighted by Crippen LogP contribution is -2.46. The molecule has 1 aromatic rings. The Balaban J connectivity index is 0.00000338. The van der Waals surface area contributed by atoms with Gasteiger partial charge in [-0.1, -0.05) is 13.0 Å². The van der Waals surface area contributed by atoms with Crippen molar-refractivity contribution >= 4 is 57.2 Å². The number of carbonyl (C=O) groups excluding carboxylic acids is 1. The van der Waals surface area contributed by atoms with Crippen molar-refractivity contribution in [3.05, 3.63) is 17.5 Å². The van der Waals surface area contributed by atoms with Gasteiger partial charge in [-0.25, -0.2) is 13.1 Å². The fourth-order valence-corrected chi connectivity index (χ4v) is 4.64. The van der Waals surface area contributed by atoms with E-state index in [0.29, 0.717) is 29.7 Å². The smallest absolute Gasteiger partial charge is 0.250 e. The van der Waals surface area contributed by atoms with Gasteiger partial charge in [0.2, 0.25) is 15.9 Å². The molecule has 8 nitrogen and oxygen atoms in total. The largest absolute Gasteiger partial charge is 0.355 e. The van der Waals surface area contributed by atoms with Crippen LogP contribution in [0.1, 0.15) is 19.8 Å². The van der Waals surface area contributed by atoms with E-state index in [2.05, 4.69) is 20.3 Å². The second-order valence-electron chi connectivity index (χ2n) is 5.65. The Kier molecular flexibility index (Phi) is 9.82. The van der Waals surface area contributed by atoms with Crippen molar-refractivity contribution in [3.63, 3.8) is 0 Å². The number of aliphatic imine (C=N–C) groups is 1. The van der Waals surface area contributed by atoms with Crippen molar-refractivity contribution in [1.29, 1.82) is 0 Å². The minimum atomic E-state index is -3.44. The highest BCUT2D eigenvalue weighted by Crippen LogP contribution is 2.14. The van der Waals surface area contributed by atoms with Gasteiger partial charge in [0.15, 0.2) is 5.96 Å². The number of guanidine groups is 1. The van der Waals surface area contributed by atoms with Crippen molar-refractivity contribution in [2.45, 2.75) is 30.0 Å². The first kappa shape index (κ1) is 23.1. The maximum absolute atomic E-state index is 12.0. The number of hydrogen-bond donors (Lipinski definition) is 3. The van der Waals surface area contributed by atoms with Crippen LogP contribution in [0.3, 0.4) is 0 Å². The zero-order valence-corrected chi connectivity index (χ0v) is 18.9. The minimum absolute atomic E-state index is 0. The Morgan fingerprint density at radius 1 is 1.42 bits per heavy atom. The van der Waals surface area contributed by atoms with E-state index < -0.39 is 10.0 Å². The molecule has 1 fully saturated rings. The van der Waals surface area contributed by atoms with Crippen LogP contribution >= 0.6 is 35.3 Å². The molecule has 1 aromatic heterocycles. The fourth-order valence-electron chi connectivity index (χ4n) is 2.57. The van der Waals surface area contributed by atoms with Crippen molar-refractivity contribution in [2.24, 2.45) is 4.99 Å². The molecule has 148 valence electrons. The number of nitrogens with zero attached hydrogens (tertiary/aromatic N) is 2. The average Bonchev–Trinajstić information content (AvgIpc) is 3.28. The molecule has 0 spiro atoms. The topological polar surface area (TPSA) is 103 Å². The molecule has 0 bridgehead atoms. The van der Waals surface area contributed by atoms with Crippen molar-refractivity contribution < 1.29 is 13.2 Å². The number of thiophene rings is 1. The Hall–Kier alpha value is -0.920. The molecule has 1 amide bonds. The first-order valence-electron chi connectivity index (χ1n) is 8.24. The predicted octanol–water partition coefficient (Wildman–Crippen LogP) is 0.820. The molecule has 1 aliphatic heterocycles. The highest BCUT2D eigenvalue weighted by atomic mass is 127. The number of amides is 1. The highest BCUT2D eigenvalue weighted by Gasteiger charge is 2.25. The normalized spacial score (nSPS) is 17.7. The summed E-state index contributed by atoms with van der Waals surface area (Å²) >= 11 is 1.19. The van der Waals surface area contributed by atoms with E-state index in [-0.39, 0.29) is 42.5 Å². The van der Waals surface area contributed by atoms with Gasteiger partial charge in [0, 0.05) is 45.7 Å². The molecular weight excluding hydrogens is 489 g/mol. The Morgan fingerprint density at radius 3 is 2.81 bits per heavy atom. The van der Waals surface area contributed by atoms with E-state index in [1.165, 1.54) is 11.3 Å². The Morgan fingerprint density at radius 2 is 2.19 bits per heavy atom. The van der Waals surface area contributed by atoms with Crippen LogP contribution < -0.4 is 15.4 Å². The van der Waals surface area contributed by atoms with Crippen LogP contribution in [-0.4, -0.2) is 64.5 Å². The van der Waals surface area contributed by atoms with Crippen LogP contribution in [0.5, 0.6) is 0 Å². The number of hydrogen-bond acceptors (Lipinski definition) is 5. The summed E-state index contributed by atoms with van der Waals surface area (Å²) in [6, 6.07) is 3.44. The molecule has 0 radical (unpaired) electrons. The molecule has 2 rings (SSSR count). The summed E-state index contributed by atoms with van der Waals surface area (Å²) in [5, 5.41) is 8.08. The first-order valence-corrected chi connectivity index (χ1v) is 10.6. The Bertz CT molecular complexity index is 694. The summed E-state index contributed by atoms with van der Waals surface area (Å²) in [4.78, 5) is 17.7. The van der Waals surface area contributed by atoms with Crippen molar-refractivity contribution in [1.82, 2.24) is 20.3 Å². The number of sulfonamides is 1. The number of nitrogens with one attached hydrogen (secondary N) is 3. The van der Waals surface area contributed by atoms with Gasteiger partial charge in [0.1, 0.15) is 4.21 Å². The van der Waals surface area contributed by atoms with Crippen LogP contribution in [0.25, 0.3) is 0 Å². The van der Waals surface area contributed by atoms with Crippen molar-refractivity contribution in [2.75, 3.05) is 33.2 Å². The quantitative estimate of drug-likeness (QED) is 0.216. The molecule has 1 saturated heterocycles. The first-order chi connectivity index (χ1) is 12.0. The van der Waals surface area contributed by atoms with E-state index in [9.17, 15) is 13.2 Å². The summed E-state index contributed by atoms with van der Waals surface area (Å²) < 4.78 is 26.9. The average molecular weight is 515 g/mol. The predicted molar refractivity (Wildman–Crippen MR) is 115 cm³/mol. The standard InChI is InChI=1S/C15H25N5O3S2.HI/c1-3-13(21)20-9-6-12(11-20)19-15(16-2)17-7-8-18-25(22,23)14-5-4-10-24-14;/h4-5,10,12,18H,3,6-9,11H2,1-2H3,(H2,16,17,19);1H. The number of halogens is 1. The highest BCUT2D eigenvalue weighted by molar-refractivity contribution is 14.0. The monoisotopic (exact) mass is 515 g/mol. The van der Waals surface area contributed by atoms with Crippen LogP contribution in [0, 0.1) is 0 Å². The van der Waals surface area contributed by atoms with E-state index in [0.717, 1.165) is 13.0 Å². The second-order valence-corrected chi connectivity index (χ2v) is 8.59.